The summed E-state index contributed by atoms with van der Waals surface area (Å²) in [5.41, 5.74) is 1.71. The minimum atomic E-state index is 0.000628. The van der Waals surface area contributed by atoms with Crippen LogP contribution in [0.5, 0.6) is 0 Å². The van der Waals surface area contributed by atoms with Gasteiger partial charge in [-0.3, -0.25) is 9.78 Å². The van der Waals surface area contributed by atoms with Gasteiger partial charge in [-0.05, 0) is 43.4 Å². The topological polar surface area (TPSA) is 59.2 Å². The van der Waals surface area contributed by atoms with Crippen LogP contribution in [0.15, 0.2) is 35.1 Å². The Balaban J connectivity index is 1.63. The molecule has 0 N–H and O–H groups in total. The zero-order valence-corrected chi connectivity index (χ0v) is 12.9. The number of hydrogen-bond donors (Lipinski definition) is 0. The zero-order valence-electron chi connectivity index (χ0n) is 12.9. The van der Waals surface area contributed by atoms with Crippen molar-refractivity contribution in [2.45, 2.75) is 45.1 Å². The standard InChI is InChI=1S/C17H21N3O2/c1-2-15-12-16(19-22-15)17(21)20-11-3-4-14(20)6-5-13-7-9-18-10-8-13/h7-10,12,14H,2-6,11H2,1H3. The lowest BCUT2D eigenvalue weighted by atomic mass is 10.0. The SMILES string of the molecule is CCc1cc(C(=O)N2CCCC2CCc2ccncc2)no1. The van der Waals surface area contributed by atoms with Gasteiger partial charge in [-0.2, -0.15) is 0 Å². The molecule has 0 saturated carbocycles. The molecule has 1 atom stereocenters. The molecule has 0 spiro atoms. The monoisotopic (exact) mass is 299 g/mol. The molecule has 0 radical (unpaired) electrons. The van der Waals surface area contributed by atoms with Crippen LogP contribution in [-0.4, -0.2) is 33.5 Å². The van der Waals surface area contributed by atoms with E-state index >= 15 is 0 Å². The Kier molecular flexibility index (Phi) is 4.51. The quantitative estimate of drug-likeness (QED) is 0.852. The second-order valence-corrected chi connectivity index (χ2v) is 5.72. The molecule has 1 aliphatic rings. The molecular weight excluding hydrogens is 278 g/mol. The number of hydrogen-bond acceptors (Lipinski definition) is 4. The van der Waals surface area contributed by atoms with Gasteiger partial charge in [0.1, 0.15) is 5.76 Å². The number of rotatable bonds is 5. The van der Waals surface area contributed by atoms with Crippen LogP contribution in [0.2, 0.25) is 0 Å². The first-order valence-electron chi connectivity index (χ1n) is 7.93. The first-order valence-corrected chi connectivity index (χ1v) is 7.93. The smallest absolute Gasteiger partial charge is 0.276 e. The summed E-state index contributed by atoms with van der Waals surface area (Å²) in [5, 5.41) is 3.91. The molecule has 1 fully saturated rings. The lowest BCUT2D eigenvalue weighted by Gasteiger charge is -2.23. The van der Waals surface area contributed by atoms with Gasteiger partial charge in [0.05, 0.1) is 0 Å². The van der Waals surface area contributed by atoms with Crippen LogP contribution in [0.3, 0.4) is 0 Å². The maximum absolute atomic E-state index is 12.6. The molecule has 2 aromatic rings. The summed E-state index contributed by atoms with van der Waals surface area (Å²) in [6.07, 6.45) is 8.46. The molecule has 0 aromatic carbocycles. The molecule has 1 saturated heterocycles. The molecule has 5 heteroatoms. The third kappa shape index (κ3) is 3.18. The molecular formula is C17H21N3O2. The fraction of sp³-hybridized carbons (Fsp3) is 0.471. The third-order valence-corrected chi connectivity index (χ3v) is 4.28. The lowest BCUT2D eigenvalue weighted by Crippen LogP contribution is -2.36. The first-order chi connectivity index (χ1) is 10.8. The Hall–Kier alpha value is -2.17. The third-order valence-electron chi connectivity index (χ3n) is 4.28. The number of carbonyl (C=O) groups excluding carboxylic acids is 1. The highest BCUT2D eigenvalue weighted by Gasteiger charge is 2.30. The molecule has 0 bridgehead atoms. The van der Waals surface area contributed by atoms with Gasteiger partial charge in [0.15, 0.2) is 5.69 Å². The summed E-state index contributed by atoms with van der Waals surface area (Å²) < 4.78 is 5.15. The van der Waals surface area contributed by atoms with Gasteiger partial charge in [0.2, 0.25) is 0 Å². The molecule has 116 valence electrons. The molecule has 3 heterocycles. The van der Waals surface area contributed by atoms with E-state index in [1.807, 2.05) is 36.4 Å². The van der Waals surface area contributed by atoms with Crippen molar-refractivity contribution in [3.05, 3.63) is 47.6 Å². The van der Waals surface area contributed by atoms with E-state index < -0.39 is 0 Å². The highest BCUT2D eigenvalue weighted by molar-refractivity contribution is 5.92. The summed E-state index contributed by atoms with van der Waals surface area (Å²) in [6.45, 7) is 2.80. The molecule has 1 unspecified atom stereocenters. The van der Waals surface area contributed by atoms with E-state index in [1.54, 1.807) is 6.07 Å². The van der Waals surface area contributed by atoms with Gasteiger partial charge in [-0.25, -0.2) is 0 Å². The number of likely N-dealkylation sites (tertiary alicyclic amines) is 1. The van der Waals surface area contributed by atoms with Gasteiger partial charge in [-0.1, -0.05) is 12.1 Å². The van der Waals surface area contributed by atoms with E-state index in [-0.39, 0.29) is 5.91 Å². The van der Waals surface area contributed by atoms with Crippen LogP contribution in [0.4, 0.5) is 0 Å². The molecule has 1 amide bonds. The number of carbonyl (C=O) groups is 1. The van der Waals surface area contributed by atoms with Crippen molar-refractivity contribution < 1.29 is 9.32 Å². The van der Waals surface area contributed by atoms with Gasteiger partial charge in [0, 0.05) is 37.5 Å². The van der Waals surface area contributed by atoms with Gasteiger partial charge in [0.25, 0.3) is 5.91 Å². The van der Waals surface area contributed by atoms with Crippen LogP contribution in [0.25, 0.3) is 0 Å². The summed E-state index contributed by atoms with van der Waals surface area (Å²) in [5.74, 6) is 0.761. The second-order valence-electron chi connectivity index (χ2n) is 5.72. The number of aryl methyl sites for hydroxylation is 2. The van der Waals surface area contributed by atoms with Crippen molar-refractivity contribution in [2.75, 3.05) is 6.54 Å². The van der Waals surface area contributed by atoms with E-state index in [0.29, 0.717) is 11.7 Å². The van der Waals surface area contributed by atoms with Gasteiger partial charge in [-0.15, -0.1) is 0 Å². The molecule has 3 rings (SSSR count). The normalized spacial score (nSPS) is 17.9. The van der Waals surface area contributed by atoms with Crippen molar-refractivity contribution in [1.29, 1.82) is 0 Å². The highest BCUT2D eigenvalue weighted by Crippen LogP contribution is 2.24. The Morgan fingerprint density at radius 2 is 2.23 bits per heavy atom. The largest absolute Gasteiger partial charge is 0.361 e. The number of pyridine rings is 1. The maximum Gasteiger partial charge on any atom is 0.276 e. The first kappa shape index (κ1) is 14.8. The highest BCUT2D eigenvalue weighted by atomic mass is 16.5. The minimum Gasteiger partial charge on any atom is -0.361 e. The predicted octanol–water partition coefficient (Wildman–Crippen LogP) is 2.87. The molecule has 5 nitrogen and oxygen atoms in total. The van der Waals surface area contributed by atoms with E-state index in [4.69, 9.17) is 4.52 Å². The molecule has 0 aliphatic carbocycles. The van der Waals surface area contributed by atoms with Crippen molar-refractivity contribution in [3.8, 4) is 0 Å². The second kappa shape index (κ2) is 6.73. The Morgan fingerprint density at radius 3 is 2.95 bits per heavy atom. The van der Waals surface area contributed by atoms with Gasteiger partial charge < -0.3 is 9.42 Å². The molecule has 22 heavy (non-hydrogen) atoms. The lowest BCUT2D eigenvalue weighted by molar-refractivity contribution is 0.0720. The summed E-state index contributed by atoms with van der Waals surface area (Å²) in [7, 11) is 0. The van der Waals surface area contributed by atoms with Crippen LogP contribution in [0.1, 0.15) is 48.0 Å². The van der Waals surface area contributed by atoms with Crippen molar-refractivity contribution in [1.82, 2.24) is 15.0 Å². The Labute approximate surface area is 130 Å². The average molecular weight is 299 g/mol. The number of amides is 1. The Bertz CT molecular complexity index is 624. The number of nitrogens with zero attached hydrogens (tertiary/aromatic N) is 3. The van der Waals surface area contributed by atoms with Crippen LogP contribution >= 0.6 is 0 Å². The van der Waals surface area contributed by atoms with E-state index in [2.05, 4.69) is 10.1 Å². The van der Waals surface area contributed by atoms with Gasteiger partial charge >= 0.3 is 0 Å². The molecule has 2 aromatic heterocycles. The van der Waals surface area contributed by atoms with E-state index in [0.717, 1.165) is 44.4 Å². The predicted molar refractivity (Wildman–Crippen MR) is 82.5 cm³/mol. The average Bonchev–Trinajstić information content (AvgIpc) is 3.22. The Morgan fingerprint density at radius 1 is 1.41 bits per heavy atom. The summed E-state index contributed by atoms with van der Waals surface area (Å²) in [6, 6.07) is 6.13. The summed E-state index contributed by atoms with van der Waals surface area (Å²) >= 11 is 0. The molecule has 1 aliphatic heterocycles. The van der Waals surface area contributed by atoms with E-state index in [9.17, 15) is 4.79 Å². The maximum atomic E-state index is 12.6. The number of aromatic nitrogens is 2. The summed E-state index contributed by atoms with van der Waals surface area (Å²) in [4.78, 5) is 18.6. The van der Waals surface area contributed by atoms with Crippen LogP contribution in [0, 0.1) is 0 Å². The van der Waals surface area contributed by atoms with Crippen LogP contribution < -0.4 is 0 Å². The van der Waals surface area contributed by atoms with Crippen molar-refractivity contribution in [2.24, 2.45) is 0 Å². The fourth-order valence-corrected chi connectivity index (χ4v) is 3.01. The van der Waals surface area contributed by atoms with E-state index in [1.165, 1.54) is 5.56 Å². The zero-order chi connectivity index (χ0) is 15.4. The fourth-order valence-electron chi connectivity index (χ4n) is 3.01. The van der Waals surface area contributed by atoms with Crippen LogP contribution in [-0.2, 0) is 12.8 Å². The van der Waals surface area contributed by atoms with Crippen molar-refractivity contribution >= 4 is 5.91 Å². The van der Waals surface area contributed by atoms with Crippen molar-refractivity contribution in [3.63, 3.8) is 0 Å². The minimum absolute atomic E-state index is 0.000628.